The maximum Gasteiger partial charge on any atom is 0.135 e. The predicted octanol–water partition coefficient (Wildman–Crippen LogP) is 6.34. The van der Waals surface area contributed by atoms with Crippen molar-refractivity contribution in [2.24, 2.45) is 4.99 Å². The molecule has 130 valence electrons. The molecule has 3 aromatic carbocycles. The second-order valence-corrected chi connectivity index (χ2v) is 6.83. The Morgan fingerprint density at radius 1 is 0.769 bits per heavy atom. The monoisotopic (exact) mass is 367 g/mol. The molecule has 0 fully saturated rings. The van der Waals surface area contributed by atoms with Gasteiger partial charge in [0, 0.05) is 16.7 Å². The highest BCUT2D eigenvalue weighted by molar-refractivity contribution is 6.30. The van der Waals surface area contributed by atoms with Crippen molar-refractivity contribution in [3.63, 3.8) is 0 Å². The molecule has 1 nitrogen and oxygen atoms in total. The van der Waals surface area contributed by atoms with Gasteiger partial charge in [-0.1, -0.05) is 60.1 Å². The van der Waals surface area contributed by atoms with Crippen molar-refractivity contribution in [1.82, 2.24) is 0 Å². The molecule has 1 aliphatic rings. The molecular formula is C22H16ClF2N. The summed E-state index contributed by atoms with van der Waals surface area (Å²) in [5.41, 5.74) is 2.53. The minimum atomic E-state index is -0.577. The van der Waals surface area contributed by atoms with Crippen LogP contribution in [0, 0.1) is 11.6 Å². The Labute approximate surface area is 156 Å². The van der Waals surface area contributed by atoms with Gasteiger partial charge in [-0.15, -0.1) is 0 Å². The molecule has 0 bridgehead atoms. The van der Waals surface area contributed by atoms with Gasteiger partial charge in [-0.05, 0) is 41.8 Å². The van der Waals surface area contributed by atoms with E-state index in [4.69, 9.17) is 16.6 Å². The third kappa shape index (κ3) is 3.15. The lowest BCUT2D eigenvalue weighted by molar-refractivity contribution is 0.578. The largest absolute Gasteiger partial charge is 0.280 e. The summed E-state index contributed by atoms with van der Waals surface area (Å²) in [7, 11) is 0. The minimum absolute atomic E-state index is 0.0198. The van der Waals surface area contributed by atoms with E-state index >= 15 is 0 Å². The first-order valence-corrected chi connectivity index (χ1v) is 8.83. The number of hydrogen-bond acceptors (Lipinski definition) is 1. The van der Waals surface area contributed by atoms with Crippen LogP contribution in [-0.4, -0.2) is 5.71 Å². The zero-order chi connectivity index (χ0) is 18.1. The fourth-order valence-electron chi connectivity index (χ4n) is 3.54. The molecule has 0 radical (unpaired) electrons. The molecule has 4 rings (SSSR count). The molecule has 3 aromatic rings. The predicted molar refractivity (Wildman–Crippen MR) is 101 cm³/mol. The Hall–Kier alpha value is -2.52. The second kappa shape index (κ2) is 7.00. The molecule has 0 amide bonds. The van der Waals surface area contributed by atoms with Crippen LogP contribution in [-0.2, 0) is 0 Å². The van der Waals surface area contributed by atoms with E-state index in [-0.39, 0.29) is 17.5 Å². The fourth-order valence-corrected chi connectivity index (χ4v) is 3.66. The molecule has 1 aliphatic heterocycles. The van der Waals surface area contributed by atoms with Gasteiger partial charge in [-0.3, -0.25) is 4.99 Å². The fraction of sp³-hybridized carbons (Fsp3) is 0.136. The SMILES string of the molecule is Fc1cccc(F)c1C1=NC(c2ccc(Cl)cc2)C(c2ccccc2)C1. The normalized spacial score (nSPS) is 19.4. The third-order valence-electron chi connectivity index (χ3n) is 4.78. The number of hydrogen-bond donors (Lipinski definition) is 0. The summed E-state index contributed by atoms with van der Waals surface area (Å²) in [6, 6.07) is 21.1. The molecule has 0 saturated heterocycles. The smallest absolute Gasteiger partial charge is 0.135 e. The molecule has 0 N–H and O–H groups in total. The molecule has 2 atom stereocenters. The van der Waals surface area contributed by atoms with Gasteiger partial charge in [0.2, 0.25) is 0 Å². The van der Waals surface area contributed by atoms with Crippen LogP contribution in [0.15, 0.2) is 77.8 Å². The first kappa shape index (κ1) is 16.9. The first-order chi connectivity index (χ1) is 12.6. The number of benzene rings is 3. The van der Waals surface area contributed by atoms with Crippen molar-refractivity contribution >= 4 is 17.3 Å². The molecule has 2 unspecified atom stereocenters. The molecule has 4 heteroatoms. The lowest BCUT2D eigenvalue weighted by atomic mass is 9.86. The maximum atomic E-state index is 14.3. The van der Waals surface area contributed by atoms with E-state index in [0.717, 1.165) is 11.1 Å². The average Bonchev–Trinajstić information content (AvgIpc) is 3.08. The third-order valence-corrected chi connectivity index (χ3v) is 5.03. The van der Waals surface area contributed by atoms with Gasteiger partial charge in [0.15, 0.2) is 0 Å². The van der Waals surface area contributed by atoms with Gasteiger partial charge in [-0.25, -0.2) is 8.78 Å². The Bertz CT molecular complexity index is 931. The van der Waals surface area contributed by atoms with E-state index in [9.17, 15) is 8.78 Å². The van der Waals surface area contributed by atoms with E-state index in [1.807, 2.05) is 54.6 Å². The van der Waals surface area contributed by atoms with E-state index < -0.39 is 11.6 Å². The standard InChI is InChI=1S/C22H16ClF2N/c23-16-11-9-15(10-12-16)22-17(14-5-2-1-3-6-14)13-20(26-22)21-18(24)7-4-8-19(21)25/h1-12,17,22H,13H2. The zero-order valence-electron chi connectivity index (χ0n) is 13.9. The summed E-state index contributed by atoms with van der Waals surface area (Å²) in [6.45, 7) is 0. The molecular weight excluding hydrogens is 352 g/mol. The Morgan fingerprint density at radius 2 is 1.42 bits per heavy atom. The summed E-state index contributed by atoms with van der Waals surface area (Å²) in [4.78, 5) is 4.73. The molecule has 0 aromatic heterocycles. The highest BCUT2D eigenvalue weighted by Crippen LogP contribution is 2.43. The number of nitrogens with zero attached hydrogens (tertiary/aromatic N) is 1. The molecule has 0 aliphatic carbocycles. The van der Waals surface area contributed by atoms with E-state index in [0.29, 0.717) is 17.2 Å². The lowest BCUT2D eigenvalue weighted by Gasteiger charge is -2.19. The number of aliphatic imine (C=N–C) groups is 1. The van der Waals surface area contributed by atoms with Crippen LogP contribution in [0.1, 0.15) is 35.1 Å². The van der Waals surface area contributed by atoms with Gasteiger partial charge in [0.05, 0.1) is 11.6 Å². The van der Waals surface area contributed by atoms with Gasteiger partial charge in [0.25, 0.3) is 0 Å². The lowest BCUT2D eigenvalue weighted by Crippen LogP contribution is -2.08. The highest BCUT2D eigenvalue weighted by Gasteiger charge is 2.34. The molecule has 0 saturated carbocycles. The first-order valence-electron chi connectivity index (χ1n) is 8.45. The van der Waals surface area contributed by atoms with Crippen LogP contribution >= 0.6 is 11.6 Å². The van der Waals surface area contributed by atoms with Crippen molar-refractivity contribution in [1.29, 1.82) is 0 Å². The van der Waals surface area contributed by atoms with E-state index in [2.05, 4.69) is 0 Å². The topological polar surface area (TPSA) is 12.4 Å². The van der Waals surface area contributed by atoms with Crippen molar-refractivity contribution in [2.45, 2.75) is 18.4 Å². The molecule has 0 spiro atoms. The van der Waals surface area contributed by atoms with E-state index in [1.165, 1.54) is 18.2 Å². The van der Waals surface area contributed by atoms with Crippen molar-refractivity contribution < 1.29 is 8.78 Å². The summed E-state index contributed by atoms with van der Waals surface area (Å²) >= 11 is 6.00. The molecule has 26 heavy (non-hydrogen) atoms. The van der Waals surface area contributed by atoms with Crippen LogP contribution in [0.3, 0.4) is 0 Å². The number of halogens is 3. The highest BCUT2D eigenvalue weighted by atomic mass is 35.5. The average molecular weight is 368 g/mol. The Kier molecular flexibility index (Phi) is 4.56. The summed E-state index contributed by atoms with van der Waals surface area (Å²) < 4.78 is 28.6. The van der Waals surface area contributed by atoms with Crippen molar-refractivity contribution in [3.8, 4) is 0 Å². The summed E-state index contributed by atoms with van der Waals surface area (Å²) in [5.74, 6) is -1.13. The Balaban J connectivity index is 1.80. The Morgan fingerprint density at radius 3 is 2.08 bits per heavy atom. The van der Waals surface area contributed by atoms with Gasteiger partial charge < -0.3 is 0 Å². The van der Waals surface area contributed by atoms with Crippen LogP contribution < -0.4 is 0 Å². The van der Waals surface area contributed by atoms with Crippen molar-refractivity contribution in [2.75, 3.05) is 0 Å². The van der Waals surface area contributed by atoms with E-state index in [1.54, 1.807) is 0 Å². The second-order valence-electron chi connectivity index (χ2n) is 6.39. The number of rotatable bonds is 3. The van der Waals surface area contributed by atoms with Gasteiger partial charge in [0.1, 0.15) is 11.6 Å². The molecule has 1 heterocycles. The summed E-state index contributed by atoms with van der Waals surface area (Å²) in [6.07, 6.45) is 0.481. The maximum absolute atomic E-state index is 14.3. The summed E-state index contributed by atoms with van der Waals surface area (Å²) in [5, 5.41) is 0.646. The van der Waals surface area contributed by atoms with Crippen LogP contribution in [0.5, 0.6) is 0 Å². The van der Waals surface area contributed by atoms with Crippen molar-refractivity contribution in [3.05, 3.63) is 106 Å². The van der Waals surface area contributed by atoms with Crippen LogP contribution in [0.2, 0.25) is 5.02 Å². The van der Waals surface area contributed by atoms with Gasteiger partial charge >= 0.3 is 0 Å². The van der Waals surface area contributed by atoms with Gasteiger partial charge in [-0.2, -0.15) is 0 Å². The minimum Gasteiger partial charge on any atom is -0.280 e. The van der Waals surface area contributed by atoms with Crippen LogP contribution in [0.25, 0.3) is 0 Å². The quantitative estimate of drug-likeness (QED) is 0.512. The zero-order valence-corrected chi connectivity index (χ0v) is 14.6. The van der Waals surface area contributed by atoms with Crippen LogP contribution in [0.4, 0.5) is 8.78 Å².